The molecule has 2 aliphatic heterocycles. The van der Waals surface area contributed by atoms with Crippen LogP contribution in [0.3, 0.4) is 0 Å². The van der Waals surface area contributed by atoms with Gasteiger partial charge in [-0.2, -0.15) is 18.3 Å². The number of carbonyl (C=O) groups excluding carboxylic acids is 1. The van der Waals surface area contributed by atoms with Gasteiger partial charge < -0.3 is 20.4 Å². The number of rotatable bonds is 7. The summed E-state index contributed by atoms with van der Waals surface area (Å²) in [4.78, 5) is 18.4. The highest BCUT2D eigenvalue weighted by Gasteiger charge is 2.47. The fraction of sp³-hybridized carbons (Fsp3) is 0.484. The molecule has 2 N–H and O–H groups in total. The lowest BCUT2D eigenvalue weighted by molar-refractivity contribution is -0.137. The molecule has 1 aliphatic carbocycles. The van der Waals surface area contributed by atoms with Crippen molar-refractivity contribution in [1.29, 1.82) is 0 Å². The van der Waals surface area contributed by atoms with E-state index >= 15 is 0 Å². The number of benzene rings is 2. The van der Waals surface area contributed by atoms with Crippen molar-refractivity contribution in [2.24, 2.45) is 5.92 Å². The third kappa shape index (κ3) is 6.02. The van der Waals surface area contributed by atoms with Crippen molar-refractivity contribution in [2.45, 2.75) is 43.8 Å². The maximum atomic E-state index is 13.4. The Hall–Kier alpha value is -3.08. The Morgan fingerprint density at radius 3 is 2.36 bits per heavy atom. The number of anilines is 2. The van der Waals surface area contributed by atoms with E-state index in [1.807, 2.05) is 6.20 Å². The molecule has 3 aliphatic rings. The number of hydrogen-bond donors (Lipinski definition) is 2. The van der Waals surface area contributed by atoms with E-state index in [1.165, 1.54) is 31.1 Å². The average Bonchev–Trinajstić information content (AvgIpc) is 3.44. The Balaban J connectivity index is 1.09. The van der Waals surface area contributed by atoms with Gasteiger partial charge in [0.25, 0.3) is 5.91 Å². The molecule has 1 aromatic heterocycles. The van der Waals surface area contributed by atoms with E-state index in [1.54, 1.807) is 10.9 Å². The Kier molecular flexibility index (Phi) is 8.22. The maximum absolute atomic E-state index is 13.4. The van der Waals surface area contributed by atoms with E-state index in [2.05, 4.69) is 49.8 Å². The summed E-state index contributed by atoms with van der Waals surface area (Å²) in [6.45, 7) is 7.82. The molecule has 3 fully saturated rings. The van der Waals surface area contributed by atoms with Gasteiger partial charge in [0.2, 0.25) is 0 Å². The number of piperidine rings is 1. The fourth-order valence-corrected chi connectivity index (χ4v) is 6.53. The quantitative estimate of drug-likeness (QED) is 0.356. The zero-order chi connectivity index (χ0) is 29.3. The van der Waals surface area contributed by atoms with Crippen LogP contribution in [-0.4, -0.2) is 66.4 Å². The molecule has 3 aromatic rings. The summed E-state index contributed by atoms with van der Waals surface area (Å²) >= 11 is 6.09. The third-order valence-corrected chi connectivity index (χ3v) is 9.39. The van der Waals surface area contributed by atoms with Gasteiger partial charge in [-0.05, 0) is 73.9 Å². The molecule has 11 heteroatoms. The number of amides is 1. The Morgan fingerprint density at radius 1 is 1.02 bits per heavy atom. The van der Waals surface area contributed by atoms with Crippen LogP contribution in [-0.2, 0) is 16.5 Å². The smallest absolute Gasteiger partial charge is 0.372 e. The van der Waals surface area contributed by atoms with E-state index in [4.69, 9.17) is 11.6 Å². The summed E-state index contributed by atoms with van der Waals surface area (Å²) in [7, 11) is 0. The number of halogens is 4. The standard InChI is InChI=1S/C31H36ClF3N6O/c32-27-18-25(31(33,34)35)4-7-28(27)38-29(42)30(10-1-11-30)41-21-24(19-37-41)23-2-5-26(6-3-23)40-14-8-22(9-15-40)20-39-16-12-36-13-17-39/h2-7,18-19,21-22,36H,1,8-17,20H2,(H,38,42). The van der Waals surface area contributed by atoms with Crippen molar-refractivity contribution in [3.05, 3.63) is 65.4 Å². The van der Waals surface area contributed by atoms with Gasteiger partial charge in [-0.1, -0.05) is 23.7 Å². The number of hydrogen-bond acceptors (Lipinski definition) is 5. The summed E-state index contributed by atoms with van der Waals surface area (Å²) < 4.78 is 40.7. The van der Waals surface area contributed by atoms with E-state index in [-0.39, 0.29) is 16.6 Å². The zero-order valence-electron chi connectivity index (χ0n) is 23.5. The average molecular weight is 601 g/mol. The summed E-state index contributed by atoms with van der Waals surface area (Å²) in [5.74, 6) is 0.427. The predicted octanol–water partition coefficient (Wildman–Crippen LogP) is 5.86. The third-order valence-electron chi connectivity index (χ3n) is 9.08. The number of piperazine rings is 1. The first-order valence-electron chi connectivity index (χ1n) is 14.7. The highest BCUT2D eigenvalue weighted by molar-refractivity contribution is 6.33. The second-order valence-corrected chi connectivity index (χ2v) is 12.1. The van der Waals surface area contributed by atoms with Gasteiger partial charge in [-0.25, -0.2) is 0 Å². The molecule has 0 unspecified atom stereocenters. The minimum absolute atomic E-state index is 0.150. The zero-order valence-corrected chi connectivity index (χ0v) is 24.2. The SMILES string of the molecule is O=C(Nc1ccc(C(F)(F)F)cc1Cl)C1(n2cc(-c3ccc(N4CCC(CN5CCNCC5)CC4)cc3)cn2)CCC1. The predicted molar refractivity (Wildman–Crippen MR) is 159 cm³/mol. The van der Waals surface area contributed by atoms with E-state index in [9.17, 15) is 18.0 Å². The molecule has 2 saturated heterocycles. The molecule has 0 atom stereocenters. The van der Waals surface area contributed by atoms with Gasteiger partial charge in [0.05, 0.1) is 22.5 Å². The molecule has 0 bridgehead atoms. The second-order valence-electron chi connectivity index (χ2n) is 11.7. The van der Waals surface area contributed by atoms with Crippen LogP contribution in [0.5, 0.6) is 0 Å². The van der Waals surface area contributed by atoms with Crippen LogP contribution >= 0.6 is 11.6 Å². The van der Waals surface area contributed by atoms with E-state index < -0.39 is 17.3 Å². The summed E-state index contributed by atoms with van der Waals surface area (Å²) in [5, 5.41) is 10.6. The van der Waals surface area contributed by atoms with Crippen LogP contribution < -0.4 is 15.5 Å². The number of carbonyl (C=O) groups is 1. The van der Waals surface area contributed by atoms with Crippen LogP contribution in [0.2, 0.25) is 5.02 Å². The highest BCUT2D eigenvalue weighted by Crippen LogP contribution is 2.42. The molecule has 0 spiro atoms. The second kappa shape index (κ2) is 11.9. The lowest BCUT2D eigenvalue weighted by Crippen LogP contribution is -2.51. The first-order chi connectivity index (χ1) is 20.2. The van der Waals surface area contributed by atoms with Crippen LogP contribution in [0.4, 0.5) is 24.5 Å². The van der Waals surface area contributed by atoms with Gasteiger partial charge in [0.1, 0.15) is 5.54 Å². The Bertz CT molecular complexity index is 1390. The minimum atomic E-state index is -4.51. The Morgan fingerprint density at radius 2 is 1.74 bits per heavy atom. The van der Waals surface area contributed by atoms with Crippen LogP contribution in [0.1, 0.15) is 37.7 Å². The van der Waals surface area contributed by atoms with Crippen molar-refractivity contribution >= 4 is 28.9 Å². The van der Waals surface area contributed by atoms with E-state index in [0.717, 1.165) is 74.9 Å². The Labute approximate surface area is 249 Å². The number of nitrogens with one attached hydrogen (secondary N) is 2. The van der Waals surface area contributed by atoms with Crippen molar-refractivity contribution < 1.29 is 18.0 Å². The molecule has 6 rings (SSSR count). The topological polar surface area (TPSA) is 65.4 Å². The monoisotopic (exact) mass is 600 g/mol. The first kappa shape index (κ1) is 29.0. The van der Waals surface area contributed by atoms with E-state index in [0.29, 0.717) is 12.8 Å². The normalized spacial score (nSPS) is 19.9. The molecular formula is C31H36ClF3N6O. The summed E-state index contributed by atoms with van der Waals surface area (Å²) in [6.07, 6.45) is 3.57. The molecule has 224 valence electrons. The van der Waals surface area contributed by atoms with Crippen molar-refractivity contribution in [3.8, 4) is 11.1 Å². The summed E-state index contributed by atoms with van der Waals surface area (Å²) in [5.41, 5.74) is 1.52. The van der Waals surface area contributed by atoms with Crippen molar-refractivity contribution in [1.82, 2.24) is 20.0 Å². The molecule has 7 nitrogen and oxygen atoms in total. The fourth-order valence-electron chi connectivity index (χ4n) is 6.31. The lowest BCUT2D eigenvalue weighted by atomic mass is 9.76. The largest absolute Gasteiger partial charge is 0.416 e. The van der Waals surface area contributed by atoms with Gasteiger partial charge in [0.15, 0.2) is 0 Å². The van der Waals surface area contributed by atoms with Crippen molar-refractivity contribution in [3.63, 3.8) is 0 Å². The highest BCUT2D eigenvalue weighted by atomic mass is 35.5. The molecule has 1 saturated carbocycles. The van der Waals surface area contributed by atoms with Crippen LogP contribution in [0.15, 0.2) is 54.9 Å². The van der Waals surface area contributed by atoms with Gasteiger partial charge in [0, 0.05) is 63.3 Å². The molecule has 3 heterocycles. The molecular weight excluding hydrogens is 565 g/mol. The van der Waals surface area contributed by atoms with Gasteiger partial charge >= 0.3 is 6.18 Å². The number of alkyl halides is 3. The maximum Gasteiger partial charge on any atom is 0.416 e. The van der Waals surface area contributed by atoms with Crippen molar-refractivity contribution in [2.75, 3.05) is 56.0 Å². The minimum Gasteiger partial charge on any atom is -0.372 e. The molecule has 1 amide bonds. The number of nitrogens with zero attached hydrogens (tertiary/aromatic N) is 4. The first-order valence-corrected chi connectivity index (χ1v) is 15.1. The summed E-state index contributed by atoms with van der Waals surface area (Å²) in [6, 6.07) is 11.4. The van der Waals surface area contributed by atoms with Gasteiger partial charge in [-0.15, -0.1) is 0 Å². The van der Waals surface area contributed by atoms with Crippen LogP contribution in [0.25, 0.3) is 11.1 Å². The number of aromatic nitrogens is 2. The van der Waals surface area contributed by atoms with Crippen LogP contribution in [0, 0.1) is 5.92 Å². The molecule has 0 radical (unpaired) electrons. The molecule has 2 aromatic carbocycles. The molecule has 42 heavy (non-hydrogen) atoms. The van der Waals surface area contributed by atoms with Gasteiger partial charge in [-0.3, -0.25) is 9.48 Å². The lowest BCUT2D eigenvalue weighted by Gasteiger charge is -2.40.